The monoisotopic (exact) mass is 399 g/mol. The zero-order valence-electron chi connectivity index (χ0n) is 12.6. The fourth-order valence-electron chi connectivity index (χ4n) is 3.11. The molecule has 22 heavy (non-hydrogen) atoms. The summed E-state index contributed by atoms with van der Waals surface area (Å²) in [6, 6.07) is 8.63. The van der Waals surface area contributed by atoms with Gasteiger partial charge in [0.25, 0.3) is 0 Å². The van der Waals surface area contributed by atoms with Crippen LogP contribution in [0.3, 0.4) is 0 Å². The number of aromatic nitrogens is 2. The molecule has 1 aromatic carbocycles. The van der Waals surface area contributed by atoms with Crippen molar-refractivity contribution in [2.24, 2.45) is 0 Å². The molecule has 0 amide bonds. The topological polar surface area (TPSA) is 25.8 Å². The third-order valence-electron chi connectivity index (χ3n) is 4.13. The van der Waals surface area contributed by atoms with Crippen molar-refractivity contribution in [3.63, 3.8) is 0 Å². The minimum atomic E-state index is -0.0129. The summed E-state index contributed by atoms with van der Waals surface area (Å²) in [7, 11) is 0. The van der Waals surface area contributed by atoms with Crippen LogP contribution in [0.15, 0.2) is 48.2 Å². The van der Waals surface area contributed by atoms with Gasteiger partial charge in [-0.25, -0.2) is 0 Å². The van der Waals surface area contributed by atoms with E-state index in [0.717, 1.165) is 17.5 Å². The number of allylic oxidation sites excluding steroid dienone is 3. The van der Waals surface area contributed by atoms with E-state index in [9.17, 15) is 0 Å². The molecule has 3 heteroatoms. The third kappa shape index (κ3) is 2.15. The quantitative estimate of drug-likeness (QED) is 0.266. The summed E-state index contributed by atoms with van der Waals surface area (Å²) >= 11 is -0.0129. The zero-order valence-corrected chi connectivity index (χ0v) is 14.8. The van der Waals surface area contributed by atoms with E-state index in [1.54, 1.807) is 0 Å². The molecule has 2 heterocycles. The van der Waals surface area contributed by atoms with Crippen LogP contribution in [-0.4, -0.2) is 14.9 Å². The predicted molar refractivity (Wildman–Crippen MR) is 88.2 cm³/mol. The van der Waals surface area contributed by atoms with Gasteiger partial charge >= 0.3 is 140 Å². The van der Waals surface area contributed by atoms with Crippen molar-refractivity contribution in [1.29, 1.82) is 0 Å². The van der Waals surface area contributed by atoms with Crippen LogP contribution in [0.2, 0.25) is 0 Å². The SMILES string of the molecule is C[I-]c1ccc2c3c(c4cccnc4c2n1)C=CC=C(C)C3. The van der Waals surface area contributed by atoms with E-state index >= 15 is 0 Å². The summed E-state index contributed by atoms with van der Waals surface area (Å²) in [5.41, 5.74) is 6.15. The Balaban J connectivity index is 2.21. The van der Waals surface area contributed by atoms with Crippen molar-refractivity contribution >= 4 is 27.9 Å². The molecule has 110 valence electrons. The second-order valence-corrected chi connectivity index (χ2v) is 7.74. The predicted octanol–water partition coefficient (Wildman–Crippen LogP) is 1.19. The van der Waals surface area contributed by atoms with Gasteiger partial charge in [0.2, 0.25) is 0 Å². The van der Waals surface area contributed by atoms with E-state index in [1.165, 1.54) is 31.2 Å². The first-order valence-corrected chi connectivity index (χ1v) is 10.5. The van der Waals surface area contributed by atoms with Crippen molar-refractivity contribution in [1.82, 2.24) is 9.97 Å². The van der Waals surface area contributed by atoms with Gasteiger partial charge < -0.3 is 0 Å². The van der Waals surface area contributed by atoms with Gasteiger partial charge in [-0.2, -0.15) is 0 Å². The number of hydrogen-bond acceptors (Lipinski definition) is 2. The second-order valence-electron chi connectivity index (χ2n) is 5.56. The van der Waals surface area contributed by atoms with Gasteiger partial charge in [0, 0.05) is 0 Å². The van der Waals surface area contributed by atoms with Gasteiger partial charge in [-0.15, -0.1) is 0 Å². The van der Waals surface area contributed by atoms with Crippen molar-refractivity contribution in [3.8, 4) is 0 Å². The number of nitrogens with zero attached hydrogens (tertiary/aromatic N) is 2. The van der Waals surface area contributed by atoms with Crippen molar-refractivity contribution in [2.75, 3.05) is 4.93 Å². The molecular weight excluding hydrogens is 383 g/mol. The molecule has 4 rings (SSSR count). The van der Waals surface area contributed by atoms with Crippen LogP contribution in [0.25, 0.3) is 27.9 Å². The maximum atomic E-state index is 4.93. The molecule has 0 saturated heterocycles. The standard InChI is InChI=1S/C19H16IN2/c1-12-5-3-6-13-14-7-4-10-21-18(14)19-15(16(13)11-12)8-9-17(20-2)22-19/h3-10H,11H2,1-2H3/q-1. The molecule has 1 aliphatic rings. The summed E-state index contributed by atoms with van der Waals surface area (Å²) in [5, 5.41) is 2.46. The summed E-state index contributed by atoms with van der Waals surface area (Å²) in [6.07, 6.45) is 9.42. The normalized spacial score (nSPS) is 14.2. The van der Waals surface area contributed by atoms with Crippen LogP contribution in [0.1, 0.15) is 18.1 Å². The average Bonchev–Trinajstić information content (AvgIpc) is 2.76. The van der Waals surface area contributed by atoms with E-state index in [2.05, 4.69) is 53.3 Å². The van der Waals surface area contributed by atoms with Gasteiger partial charge in [-0.3, -0.25) is 0 Å². The second kappa shape index (κ2) is 5.47. The molecule has 2 nitrogen and oxygen atoms in total. The first kappa shape index (κ1) is 13.9. The van der Waals surface area contributed by atoms with Crippen molar-refractivity contribution < 1.29 is 21.2 Å². The van der Waals surface area contributed by atoms with Gasteiger partial charge in [-0.1, -0.05) is 0 Å². The Labute approximate surface area is 140 Å². The Morgan fingerprint density at radius 2 is 2.00 bits per heavy atom. The number of alkyl halides is 1. The Morgan fingerprint density at radius 1 is 1.09 bits per heavy atom. The number of halogens is 1. The molecule has 2 aromatic heterocycles. The Hall–Kier alpha value is -1.75. The summed E-state index contributed by atoms with van der Waals surface area (Å²) in [4.78, 5) is 11.8. The molecular formula is C19H16IN2-. The third-order valence-corrected chi connectivity index (χ3v) is 5.83. The number of benzene rings is 1. The molecule has 1 aliphatic carbocycles. The van der Waals surface area contributed by atoms with Crippen molar-refractivity contribution in [2.45, 2.75) is 13.3 Å². The molecule has 0 N–H and O–H groups in total. The van der Waals surface area contributed by atoms with Crippen LogP contribution in [0.4, 0.5) is 0 Å². The molecule has 0 spiro atoms. The van der Waals surface area contributed by atoms with Crippen LogP contribution in [0.5, 0.6) is 0 Å². The van der Waals surface area contributed by atoms with E-state index in [1.807, 2.05) is 12.3 Å². The molecule has 0 saturated carbocycles. The maximum absolute atomic E-state index is 4.93. The van der Waals surface area contributed by atoms with Crippen LogP contribution >= 0.6 is 0 Å². The molecule has 0 fully saturated rings. The summed E-state index contributed by atoms with van der Waals surface area (Å²) in [5.74, 6) is 0. The van der Waals surface area contributed by atoms with Crippen molar-refractivity contribution in [3.05, 3.63) is 63.0 Å². The fourth-order valence-corrected chi connectivity index (χ4v) is 4.13. The van der Waals surface area contributed by atoms with E-state index < -0.39 is 0 Å². The summed E-state index contributed by atoms with van der Waals surface area (Å²) < 4.78 is 1.23. The Bertz CT molecular complexity index is 954. The molecule has 3 aromatic rings. The van der Waals surface area contributed by atoms with E-state index in [0.29, 0.717) is 0 Å². The molecule has 0 radical (unpaired) electrons. The number of fused-ring (bicyclic) bond motifs is 6. The number of pyridine rings is 2. The molecule has 0 aliphatic heterocycles. The van der Waals surface area contributed by atoms with Gasteiger partial charge in [0.05, 0.1) is 0 Å². The number of hydrogen-bond donors (Lipinski definition) is 0. The average molecular weight is 399 g/mol. The summed E-state index contributed by atoms with van der Waals surface area (Å²) in [6.45, 7) is 2.19. The van der Waals surface area contributed by atoms with E-state index in [4.69, 9.17) is 4.98 Å². The number of rotatable bonds is 1. The van der Waals surface area contributed by atoms with Crippen LogP contribution < -0.4 is 21.2 Å². The van der Waals surface area contributed by atoms with Gasteiger partial charge in [0.15, 0.2) is 0 Å². The first-order valence-electron chi connectivity index (χ1n) is 7.31. The van der Waals surface area contributed by atoms with Gasteiger partial charge in [0.1, 0.15) is 0 Å². The first-order chi connectivity index (χ1) is 10.8. The Kier molecular flexibility index (Phi) is 3.45. The minimum absolute atomic E-state index is 0.0129. The molecule has 0 bridgehead atoms. The van der Waals surface area contributed by atoms with Crippen LogP contribution in [-0.2, 0) is 6.42 Å². The van der Waals surface area contributed by atoms with E-state index in [-0.39, 0.29) is 21.2 Å². The molecule has 0 unspecified atom stereocenters. The van der Waals surface area contributed by atoms with Crippen LogP contribution in [0, 0.1) is 3.70 Å². The zero-order chi connectivity index (χ0) is 15.1. The Morgan fingerprint density at radius 3 is 2.86 bits per heavy atom. The fraction of sp³-hybridized carbons (Fsp3) is 0.158. The molecule has 0 atom stereocenters. The van der Waals surface area contributed by atoms with Gasteiger partial charge in [-0.05, 0) is 0 Å².